The summed E-state index contributed by atoms with van der Waals surface area (Å²) in [6.07, 6.45) is 0. The SMILES string of the molecule is CCOc1cc(C)c(C(C)(O)CNN)cc1C. The van der Waals surface area contributed by atoms with Gasteiger partial charge < -0.3 is 9.84 Å². The van der Waals surface area contributed by atoms with Crippen molar-refractivity contribution in [2.24, 2.45) is 5.84 Å². The van der Waals surface area contributed by atoms with Crippen LogP contribution in [-0.4, -0.2) is 18.3 Å². The lowest BCUT2D eigenvalue weighted by Crippen LogP contribution is -2.39. The predicted octanol–water partition coefficient (Wildman–Crippen LogP) is 1.37. The van der Waals surface area contributed by atoms with Crippen LogP contribution in [0.1, 0.15) is 30.5 Å². The van der Waals surface area contributed by atoms with Crippen molar-refractivity contribution in [3.8, 4) is 5.75 Å². The van der Waals surface area contributed by atoms with Crippen LogP contribution >= 0.6 is 0 Å². The standard InChI is InChI=1S/C13H22N2O2/c1-5-17-12-7-9(2)11(6-10(12)3)13(4,16)8-15-14/h6-7,15-16H,5,8,14H2,1-4H3. The van der Waals surface area contributed by atoms with Crippen molar-refractivity contribution in [3.05, 3.63) is 28.8 Å². The number of aryl methyl sites for hydroxylation is 2. The summed E-state index contributed by atoms with van der Waals surface area (Å²) in [5.74, 6) is 6.15. The summed E-state index contributed by atoms with van der Waals surface area (Å²) in [6.45, 7) is 8.58. The van der Waals surface area contributed by atoms with Gasteiger partial charge in [-0.25, -0.2) is 0 Å². The van der Waals surface area contributed by atoms with Crippen LogP contribution in [0, 0.1) is 13.8 Å². The molecule has 1 rings (SSSR count). The first kappa shape index (κ1) is 14.0. The molecule has 0 heterocycles. The third-order valence-corrected chi connectivity index (χ3v) is 2.85. The van der Waals surface area contributed by atoms with Crippen molar-refractivity contribution in [1.82, 2.24) is 5.43 Å². The fraction of sp³-hybridized carbons (Fsp3) is 0.538. The quantitative estimate of drug-likeness (QED) is 0.535. The topological polar surface area (TPSA) is 67.5 Å². The third kappa shape index (κ3) is 3.19. The smallest absolute Gasteiger partial charge is 0.122 e. The van der Waals surface area contributed by atoms with Crippen LogP contribution in [-0.2, 0) is 5.60 Å². The molecule has 0 radical (unpaired) electrons. The van der Waals surface area contributed by atoms with Gasteiger partial charge in [0.25, 0.3) is 0 Å². The van der Waals surface area contributed by atoms with Gasteiger partial charge in [-0.2, -0.15) is 0 Å². The molecule has 0 saturated heterocycles. The fourth-order valence-electron chi connectivity index (χ4n) is 1.97. The third-order valence-electron chi connectivity index (χ3n) is 2.85. The highest BCUT2D eigenvalue weighted by molar-refractivity contribution is 5.44. The molecule has 0 saturated carbocycles. The summed E-state index contributed by atoms with van der Waals surface area (Å²) in [5.41, 5.74) is 4.42. The van der Waals surface area contributed by atoms with E-state index in [1.165, 1.54) is 0 Å². The second-order valence-corrected chi connectivity index (χ2v) is 4.52. The zero-order valence-electron chi connectivity index (χ0n) is 11.0. The van der Waals surface area contributed by atoms with Gasteiger partial charge in [0.2, 0.25) is 0 Å². The number of aliphatic hydroxyl groups is 1. The lowest BCUT2D eigenvalue weighted by atomic mass is 9.90. The minimum atomic E-state index is -0.978. The second-order valence-electron chi connectivity index (χ2n) is 4.52. The Labute approximate surface area is 103 Å². The summed E-state index contributed by atoms with van der Waals surface area (Å²) >= 11 is 0. The molecule has 4 heteroatoms. The molecule has 0 aliphatic rings. The number of nitrogens with two attached hydrogens (primary N) is 1. The average molecular weight is 238 g/mol. The molecular weight excluding hydrogens is 216 g/mol. The Morgan fingerprint density at radius 3 is 2.53 bits per heavy atom. The zero-order valence-corrected chi connectivity index (χ0v) is 11.0. The molecule has 96 valence electrons. The predicted molar refractivity (Wildman–Crippen MR) is 68.8 cm³/mol. The van der Waals surface area contributed by atoms with E-state index in [1.807, 2.05) is 32.9 Å². The molecule has 4 N–H and O–H groups in total. The van der Waals surface area contributed by atoms with Gasteiger partial charge in [-0.15, -0.1) is 0 Å². The first-order chi connectivity index (χ1) is 7.92. The lowest BCUT2D eigenvalue weighted by molar-refractivity contribution is 0.0565. The largest absolute Gasteiger partial charge is 0.494 e. The maximum atomic E-state index is 10.3. The first-order valence-electron chi connectivity index (χ1n) is 5.82. The highest BCUT2D eigenvalue weighted by Crippen LogP contribution is 2.29. The molecule has 0 fully saturated rings. The molecule has 1 atom stereocenters. The van der Waals surface area contributed by atoms with Crippen molar-refractivity contribution >= 4 is 0 Å². The van der Waals surface area contributed by atoms with E-state index in [9.17, 15) is 5.11 Å². The molecule has 0 aliphatic heterocycles. The molecule has 0 aliphatic carbocycles. The van der Waals surface area contributed by atoms with Gasteiger partial charge in [-0.05, 0) is 56.5 Å². The molecule has 0 bridgehead atoms. The summed E-state index contributed by atoms with van der Waals surface area (Å²) < 4.78 is 5.52. The highest BCUT2D eigenvalue weighted by Gasteiger charge is 2.25. The number of benzene rings is 1. The van der Waals surface area contributed by atoms with Crippen molar-refractivity contribution in [3.63, 3.8) is 0 Å². The van der Waals surface area contributed by atoms with Crippen LogP contribution in [0.15, 0.2) is 12.1 Å². The monoisotopic (exact) mass is 238 g/mol. The van der Waals surface area contributed by atoms with E-state index >= 15 is 0 Å². The van der Waals surface area contributed by atoms with Gasteiger partial charge in [-0.3, -0.25) is 11.3 Å². The highest BCUT2D eigenvalue weighted by atomic mass is 16.5. The van der Waals surface area contributed by atoms with Crippen molar-refractivity contribution in [2.45, 2.75) is 33.3 Å². The van der Waals surface area contributed by atoms with Gasteiger partial charge in [-0.1, -0.05) is 0 Å². The van der Waals surface area contributed by atoms with E-state index in [0.29, 0.717) is 13.2 Å². The summed E-state index contributed by atoms with van der Waals surface area (Å²) in [6, 6.07) is 3.91. The number of nitrogens with one attached hydrogen (secondary N) is 1. The minimum absolute atomic E-state index is 0.307. The van der Waals surface area contributed by atoms with E-state index < -0.39 is 5.60 Å². The van der Waals surface area contributed by atoms with E-state index in [1.54, 1.807) is 6.92 Å². The minimum Gasteiger partial charge on any atom is -0.494 e. The van der Waals surface area contributed by atoms with Crippen molar-refractivity contribution in [1.29, 1.82) is 0 Å². The van der Waals surface area contributed by atoms with Gasteiger partial charge in [0, 0.05) is 6.54 Å². The van der Waals surface area contributed by atoms with Crippen LogP contribution in [0.4, 0.5) is 0 Å². The molecule has 0 spiro atoms. The van der Waals surface area contributed by atoms with Gasteiger partial charge in [0.1, 0.15) is 11.4 Å². The Morgan fingerprint density at radius 2 is 2.00 bits per heavy atom. The molecule has 0 amide bonds. The Balaban J connectivity index is 3.15. The summed E-state index contributed by atoms with van der Waals surface area (Å²) in [5, 5.41) is 10.3. The van der Waals surface area contributed by atoms with E-state index in [-0.39, 0.29) is 0 Å². The normalized spacial score (nSPS) is 14.5. The van der Waals surface area contributed by atoms with Crippen molar-refractivity contribution < 1.29 is 9.84 Å². The number of hydrogen-bond acceptors (Lipinski definition) is 4. The lowest BCUT2D eigenvalue weighted by Gasteiger charge is -2.26. The van der Waals surface area contributed by atoms with E-state index in [4.69, 9.17) is 10.6 Å². The first-order valence-corrected chi connectivity index (χ1v) is 5.82. The van der Waals surface area contributed by atoms with Gasteiger partial charge >= 0.3 is 0 Å². The van der Waals surface area contributed by atoms with E-state index in [2.05, 4.69) is 5.43 Å². The average Bonchev–Trinajstić information content (AvgIpc) is 2.23. The summed E-state index contributed by atoms with van der Waals surface area (Å²) in [4.78, 5) is 0. The van der Waals surface area contributed by atoms with Crippen LogP contribution in [0.2, 0.25) is 0 Å². The molecule has 4 nitrogen and oxygen atoms in total. The van der Waals surface area contributed by atoms with Crippen LogP contribution in [0.5, 0.6) is 5.75 Å². The van der Waals surface area contributed by atoms with E-state index in [0.717, 1.165) is 22.4 Å². The van der Waals surface area contributed by atoms with Gasteiger partial charge in [0.15, 0.2) is 0 Å². The Kier molecular flexibility index (Phi) is 4.51. The maximum Gasteiger partial charge on any atom is 0.122 e. The zero-order chi connectivity index (χ0) is 13.1. The Morgan fingerprint density at radius 1 is 1.35 bits per heavy atom. The van der Waals surface area contributed by atoms with Crippen LogP contribution in [0.25, 0.3) is 0 Å². The second kappa shape index (κ2) is 5.49. The van der Waals surface area contributed by atoms with Gasteiger partial charge in [0.05, 0.1) is 6.61 Å². The maximum absolute atomic E-state index is 10.3. The fourth-order valence-corrected chi connectivity index (χ4v) is 1.97. The molecule has 1 aromatic rings. The van der Waals surface area contributed by atoms with Crippen LogP contribution in [0.3, 0.4) is 0 Å². The summed E-state index contributed by atoms with van der Waals surface area (Å²) in [7, 11) is 0. The molecule has 17 heavy (non-hydrogen) atoms. The number of hydrazine groups is 1. The Hall–Kier alpha value is -1.10. The number of rotatable bonds is 5. The molecular formula is C13H22N2O2. The number of ether oxygens (including phenoxy) is 1. The van der Waals surface area contributed by atoms with Crippen molar-refractivity contribution in [2.75, 3.05) is 13.2 Å². The molecule has 1 aromatic carbocycles. The van der Waals surface area contributed by atoms with Crippen LogP contribution < -0.4 is 16.0 Å². The Bertz CT molecular complexity index is 389. The molecule has 1 unspecified atom stereocenters. The number of hydrogen-bond donors (Lipinski definition) is 3. The molecule has 0 aromatic heterocycles.